The van der Waals surface area contributed by atoms with Crippen molar-refractivity contribution in [2.45, 2.75) is 25.9 Å². The van der Waals surface area contributed by atoms with Crippen molar-refractivity contribution < 1.29 is 9.90 Å². The first-order valence-corrected chi connectivity index (χ1v) is 13.5. The van der Waals surface area contributed by atoms with E-state index in [0.717, 1.165) is 46.2 Å². The molecule has 5 aromatic rings. The van der Waals surface area contributed by atoms with E-state index in [9.17, 15) is 20.0 Å². The third-order valence-electron chi connectivity index (χ3n) is 8.29. The standard InChI is InChI=1S/C29H28N8O3/c30-13-19-11-20-15-36(29(40)34-7-4-18(17-38)5-8-34)10-9-35-16-22(21(12-19)27(20)35)25-26(32-33-28(25)39)23-14-31-24-3-1-2-6-37(23)24/h1-3,6,11-12,14,16,18,38H,4-5,7-10,15,17H2,(H2,32,33,39). The number of nitrogens with one attached hydrogen (secondary N) is 2. The van der Waals surface area contributed by atoms with Gasteiger partial charge in [0.25, 0.3) is 5.56 Å². The monoisotopic (exact) mass is 536 g/mol. The second kappa shape index (κ2) is 9.43. The molecule has 0 unspecified atom stereocenters. The zero-order valence-electron chi connectivity index (χ0n) is 21.8. The van der Waals surface area contributed by atoms with Gasteiger partial charge in [0.1, 0.15) is 5.65 Å². The summed E-state index contributed by atoms with van der Waals surface area (Å²) in [6.45, 7) is 2.85. The lowest BCUT2D eigenvalue weighted by molar-refractivity contribution is 0.112. The predicted molar refractivity (Wildman–Crippen MR) is 148 cm³/mol. The maximum Gasteiger partial charge on any atom is 0.320 e. The van der Waals surface area contributed by atoms with Crippen molar-refractivity contribution in [3.8, 4) is 28.6 Å². The van der Waals surface area contributed by atoms with Crippen LogP contribution in [0, 0.1) is 17.2 Å². The Balaban J connectivity index is 1.31. The Hall–Kier alpha value is -4.82. The fraction of sp³-hybridized carbons (Fsp3) is 0.310. The van der Waals surface area contributed by atoms with Gasteiger partial charge < -0.3 is 19.5 Å². The molecule has 2 amide bonds. The number of aliphatic hydroxyl groups excluding tert-OH is 1. The molecule has 0 atom stereocenters. The number of urea groups is 1. The zero-order valence-corrected chi connectivity index (χ0v) is 21.8. The number of aromatic nitrogens is 5. The molecular formula is C29H28N8O3. The van der Waals surface area contributed by atoms with Crippen molar-refractivity contribution in [2.75, 3.05) is 26.2 Å². The number of carbonyl (C=O) groups is 1. The molecule has 1 aromatic carbocycles. The molecule has 0 radical (unpaired) electrons. The number of H-pyrrole nitrogens is 2. The molecule has 4 aromatic heterocycles. The molecule has 3 N–H and O–H groups in total. The molecule has 202 valence electrons. The van der Waals surface area contributed by atoms with Crippen molar-refractivity contribution in [1.29, 1.82) is 5.26 Å². The summed E-state index contributed by atoms with van der Waals surface area (Å²) in [5.74, 6) is 0.251. The van der Waals surface area contributed by atoms with E-state index in [4.69, 9.17) is 0 Å². The Morgan fingerprint density at radius 2 is 1.98 bits per heavy atom. The van der Waals surface area contributed by atoms with Gasteiger partial charge in [0.05, 0.1) is 40.3 Å². The van der Waals surface area contributed by atoms with Crippen LogP contribution in [0.15, 0.2) is 53.7 Å². The number of benzene rings is 1. The fourth-order valence-electron chi connectivity index (χ4n) is 6.20. The van der Waals surface area contributed by atoms with Crippen LogP contribution in [0.2, 0.25) is 0 Å². The van der Waals surface area contributed by atoms with Gasteiger partial charge in [-0.2, -0.15) is 5.26 Å². The number of likely N-dealkylation sites (tertiary alicyclic amines) is 1. The number of rotatable bonds is 3. The van der Waals surface area contributed by atoms with E-state index in [1.54, 1.807) is 6.20 Å². The zero-order chi connectivity index (χ0) is 27.4. The van der Waals surface area contributed by atoms with E-state index < -0.39 is 0 Å². The van der Waals surface area contributed by atoms with Crippen LogP contribution < -0.4 is 5.56 Å². The maximum atomic E-state index is 13.5. The third-order valence-corrected chi connectivity index (χ3v) is 8.29. The van der Waals surface area contributed by atoms with Crippen LogP contribution in [0.4, 0.5) is 4.79 Å². The van der Waals surface area contributed by atoms with E-state index in [-0.39, 0.29) is 24.1 Å². The Bertz CT molecular complexity index is 1860. The van der Waals surface area contributed by atoms with Crippen LogP contribution in [-0.2, 0) is 13.1 Å². The molecule has 0 bridgehead atoms. The number of pyridine rings is 1. The highest BCUT2D eigenvalue weighted by atomic mass is 16.3. The van der Waals surface area contributed by atoms with E-state index in [1.165, 1.54) is 0 Å². The first-order valence-electron chi connectivity index (χ1n) is 13.5. The first-order chi connectivity index (χ1) is 19.6. The normalized spacial score (nSPS) is 16.0. The molecule has 11 heteroatoms. The van der Waals surface area contributed by atoms with Gasteiger partial charge in [-0.25, -0.2) is 9.78 Å². The molecule has 0 aliphatic carbocycles. The van der Waals surface area contributed by atoms with Crippen molar-refractivity contribution in [3.63, 3.8) is 0 Å². The average molecular weight is 537 g/mol. The van der Waals surface area contributed by atoms with Gasteiger partial charge in [-0.15, -0.1) is 0 Å². The van der Waals surface area contributed by atoms with Gasteiger partial charge in [-0.05, 0) is 48.6 Å². The molecule has 1 fully saturated rings. The highest BCUT2D eigenvalue weighted by Crippen LogP contribution is 2.38. The highest BCUT2D eigenvalue weighted by molar-refractivity contribution is 6.01. The van der Waals surface area contributed by atoms with Crippen molar-refractivity contribution in [1.82, 2.24) is 33.9 Å². The van der Waals surface area contributed by atoms with Crippen LogP contribution in [0.25, 0.3) is 39.1 Å². The maximum absolute atomic E-state index is 13.5. The van der Waals surface area contributed by atoms with Crippen LogP contribution in [-0.4, -0.2) is 71.3 Å². The quantitative estimate of drug-likeness (QED) is 0.325. The number of carbonyl (C=O) groups excluding carboxylic acids is 1. The fourth-order valence-corrected chi connectivity index (χ4v) is 6.20. The summed E-state index contributed by atoms with van der Waals surface area (Å²) >= 11 is 0. The summed E-state index contributed by atoms with van der Waals surface area (Å²) in [5.41, 5.74) is 5.35. The SMILES string of the molecule is N#Cc1cc2c3c(c1)c(-c1c(-c4cnc5ccccn45)[nH][nH]c1=O)cn3CCN(C(=O)N1CCC(CO)CC1)C2. The minimum Gasteiger partial charge on any atom is -0.396 e. The minimum atomic E-state index is -0.260. The van der Waals surface area contributed by atoms with E-state index in [0.29, 0.717) is 49.5 Å². The molecule has 0 spiro atoms. The highest BCUT2D eigenvalue weighted by Gasteiger charge is 2.30. The summed E-state index contributed by atoms with van der Waals surface area (Å²) in [6.07, 6.45) is 7.19. The molecule has 40 heavy (non-hydrogen) atoms. The Labute approximate surface area is 228 Å². The van der Waals surface area contributed by atoms with Gasteiger partial charge in [-0.3, -0.25) is 19.4 Å². The molecule has 1 saturated heterocycles. The van der Waals surface area contributed by atoms with Gasteiger partial charge in [0, 0.05) is 62.7 Å². The van der Waals surface area contributed by atoms with Crippen molar-refractivity contribution in [3.05, 3.63) is 70.4 Å². The summed E-state index contributed by atoms with van der Waals surface area (Å²) < 4.78 is 4.01. The molecule has 7 rings (SSSR count). The summed E-state index contributed by atoms with van der Waals surface area (Å²) in [7, 11) is 0. The number of fused-ring (bicyclic) bond motifs is 1. The van der Waals surface area contributed by atoms with Gasteiger partial charge in [0.2, 0.25) is 0 Å². The number of hydrogen-bond donors (Lipinski definition) is 3. The number of amides is 2. The number of aliphatic hydroxyl groups is 1. The summed E-state index contributed by atoms with van der Waals surface area (Å²) in [4.78, 5) is 34.9. The summed E-state index contributed by atoms with van der Waals surface area (Å²) in [6, 6.07) is 11.6. The second-order valence-electron chi connectivity index (χ2n) is 10.6. The number of nitriles is 1. The number of hydrogen-bond acceptors (Lipinski definition) is 5. The topological polar surface area (TPSA) is 138 Å². The largest absolute Gasteiger partial charge is 0.396 e. The van der Waals surface area contributed by atoms with Crippen LogP contribution in [0.1, 0.15) is 24.0 Å². The van der Waals surface area contributed by atoms with Crippen molar-refractivity contribution in [2.24, 2.45) is 5.92 Å². The lowest BCUT2D eigenvalue weighted by atomic mass is 9.98. The molecule has 2 aliphatic rings. The lowest BCUT2D eigenvalue weighted by Gasteiger charge is -2.35. The molecule has 0 saturated carbocycles. The summed E-state index contributed by atoms with van der Waals surface area (Å²) in [5, 5.41) is 25.9. The van der Waals surface area contributed by atoms with Crippen molar-refractivity contribution >= 4 is 22.6 Å². The molecule has 2 aliphatic heterocycles. The Morgan fingerprint density at radius 3 is 2.77 bits per heavy atom. The van der Waals surface area contributed by atoms with E-state index >= 15 is 0 Å². The van der Waals surface area contributed by atoms with Gasteiger partial charge in [-0.1, -0.05) is 6.07 Å². The van der Waals surface area contributed by atoms with Crippen LogP contribution in [0.5, 0.6) is 0 Å². The smallest absolute Gasteiger partial charge is 0.320 e. The number of piperidine rings is 1. The second-order valence-corrected chi connectivity index (χ2v) is 10.6. The molecular weight excluding hydrogens is 508 g/mol. The number of nitrogens with zero attached hydrogens (tertiary/aromatic N) is 6. The van der Waals surface area contributed by atoms with Crippen LogP contribution in [0.3, 0.4) is 0 Å². The van der Waals surface area contributed by atoms with E-state index in [1.807, 2.05) is 56.9 Å². The predicted octanol–water partition coefficient (Wildman–Crippen LogP) is 3.15. The molecule has 11 nitrogen and oxygen atoms in total. The van der Waals surface area contributed by atoms with E-state index in [2.05, 4.69) is 25.8 Å². The first kappa shape index (κ1) is 24.2. The number of aromatic amines is 2. The van der Waals surface area contributed by atoms with Crippen LogP contribution >= 0.6 is 0 Å². The minimum absolute atomic E-state index is 0.0187. The lowest BCUT2D eigenvalue weighted by Crippen LogP contribution is -2.47. The average Bonchev–Trinajstić information content (AvgIpc) is 3.65. The van der Waals surface area contributed by atoms with Gasteiger partial charge in [0.15, 0.2) is 0 Å². The molecule has 6 heterocycles. The number of imidazole rings is 1. The van der Waals surface area contributed by atoms with Gasteiger partial charge >= 0.3 is 6.03 Å². The Morgan fingerprint density at radius 1 is 1.12 bits per heavy atom. The third kappa shape index (κ3) is 3.79. The Kier molecular flexibility index (Phi) is 5.71.